The van der Waals surface area contributed by atoms with E-state index in [2.05, 4.69) is 17.2 Å². The van der Waals surface area contributed by atoms with Gasteiger partial charge in [-0.05, 0) is 57.1 Å². The molecule has 0 fully saturated rings. The van der Waals surface area contributed by atoms with Gasteiger partial charge in [0.05, 0.1) is 5.56 Å². The van der Waals surface area contributed by atoms with Crippen LogP contribution in [0.3, 0.4) is 0 Å². The summed E-state index contributed by atoms with van der Waals surface area (Å²) in [4.78, 5) is 40.7. The van der Waals surface area contributed by atoms with Crippen molar-refractivity contribution in [3.05, 3.63) is 38.5 Å². The van der Waals surface area contributed by atoms with E-state index < -0.39 is 5.91 Å². The molecule has 0 aromatic carbocycles. The average molecular weight is 373 g/mol. The van der Waals surface area contributed by atoms with Gasteiger partial charge in [0.15, 0.2) is 5.78 Å². The van der Waals surface area contributed by atoms with Crippen molar-refractivity contribution < 1.29 is 14.4 Å². The fourth-order valence-corrected chi connectivity index (χ4v) is 5.18. The van der Waals surface area contributed by atoms with Gasteiger partial charge in [0.25, 0.3) is 11.8 Å². The van der Waals surface area contributed by atoms with Crippen molar-refractivity contribution in [2.45, 2.75) is 47.0 Å². The van der Waals surface area contributed by atoms with Gasteiger partial charge in [-0.15, -0.1) is 11.3 Å². The van der Waals surface area contributed by atoms with E-state index in [4.69, 9.17) is 5.73 Å². The van der Waals surface area contributed by atoms with Crippen LogP contribution in [0.1, 0.15) is 73.2 Å². The predicted molar refractivity (Wildman–Crippen MR) is 102 cm³/mol. The van der Waals surface area contributed by atoms with Gasteiger partial charge in [-0.2, -0.15) is 0 Å². The van der Waals surface area contributed by atoms with E-state index in [0.29, 0.717) is 39.0 Å². The largest absolute Gasteiger partial charge is 0.365 e. The Morgan fingerprint density at radius 1 is 1.23 bits per heavy atom. The van der Waals surface area contributed by atoms with E-state index in [9.17, 15) is 14.4 Å². The number of thiophene rings is 1. The average Bonchev–Trinajstić information content (AvgIpc) is 3.03. The first-order valence-electron chi connectivity index (χ1n) is 8.66. The summed E-state index contributed by atoms with van der Waals surface area (Å²) < 4.78 is 0. The van der Waals surface area contributed by atoms with Crippen LogP contribution in [0.4, 0.5) is 5.00 Å². The number of carbonyl (C=O) groups excluding carboxylic acids is 3. The maximum atomic E-state index is 12.8. The smallest absolute Gasteiger partial charge is 0.273 e. The lowest BCUT2D eigenvalue weighted by Crippen LogP contribution is -2.20. The standard InChI is InChI=1S/C19H23N3O3S/c1-8-5-6-12-13(7-8)26-19(15(12)17(20)24)22-18(25)16-9(2)14(11(4)23)10(3)21-16/h8,21H,5-7H2,1-4H3,(H2,20,24)(H,22,25)/t8-/m1/s1. The first-order valence-corrected chi connectivity index (χ1v) is 9.48. The van der Waals surface area contributed by atoms with Crippen molar-refractivity contribution in [1.82, 2.24) is 4.98 Å². The molecule has 0 unspecified atom stereocenters. The lowest BCUT2D eigenvalue weighted by Gasteiger charge is -2.18. The van der Waals surface area contributed by atoms with Gasteiger partial charge in [-0.3, -0.25) is 14.4 Å². The highest BCUT2D eigenvalue weighted by molar-refractivity contribution is 7.17. The van der Waals surface area contributed by atoms with E-state index >= 15 is 0 Å². The number of ketones is 1. The van der Waals surface area contributed by atoms with E-state index in [1.54, 1.807) is 13.8 Å². The van der Waals surface area contributed by atoms with E-state index in [1.165, 1.54) is 18.3 Å². The number of nitrogens with two attached hydrogens (primary N) is 1. The van der Waals surface area contributed by atoms with Crippen LogP contribution < -0.4 is 11.1 Å². The molecule has 26 heavy (non-hydrogen) atoms. The van der Waals surface area contributed by atoms with Crippen LogP contribution in [-0.4, -0.2) is 22.6 Å². The van der Waals surface area contributed by atoms with E-state index in [1.807, 2.05) is 0 Å². The molecule has 2 heterocycles. The molecular formula is C19H23N3O3S. The third kappa shape index (κ3) is 3.07. The molecule has 0 spiro atoms. The predicted octanol–water partition coefficient (Wildman–Crippen LogP) is 3.37. The fraction of sp³-hybridized carbons (Fsp3) is 0.421. The van der Waals surface area contributed by atoms with Gasteiger partial charge in [-0.1, -0.05) is 6.92 Å². The topological polar surface area (TPSA) is 105 Å². The van der Waals surface area contributed by atoms with Crippen LogP contribution in [-0.2, 0) is 12.8 Å². The van der Waals surface area contributed by atoms with Crippen molar-refractivity contribution in [2.24, 2.45) is 11.7 Å². The third-order valence-electron chi connectivity index (χ3n) is 5.00. The number of fused-ring (bicyclic) bond motifs is 1. The summed E-state index contributed by atoms with van der Waals surface area (Å²) in [6.07, 6.45) is 2.70. The quantitative estimate of drug-likeness (QED) is 0.716. The minimum absolute atomic E-state index is 0.0892. The number of carbonyl (C=O) groups is 3. The zero-order chi connectivity index (χ0) is 19.2. The third-order valence-corrected chi connectivity index (χ3v) is 6.17. The second kappa shape index (κ2) is 6.72. The number of amides is 2. The van der Waals surface area contributed by atoms with Crippen LogP contribution in [0.5, 0.6) is 0 Å². The highest BCUT2D eigenvalue weighted by Crippen LogP contribution is 2.39. The molecule has 1 aliphatic rings. The number of aromatic nitrogens is 1. The summed E-state index contributed by atoms with van der Waals surface area (Å²) in [6.45, 7) is 7.16. The van der Waals surface area contributed by atoms with E-state index in [-0.39, 0.29) is 11.7 Å². The van der Waals surface area contributed by atoms with Crippen LogP contribution in [0.15, 0.2) is 0 Å². The lowest BCUT2D eigenvalue weighted by molar-refractivity contribution is 0.0995. The number of aryl methyl sites for hydroxylation is 1. The summed E-state index contributed by atoms with van der Waals surface area (Å²) in [5.74, 6) is -0.422. The molecule has 138 valence electrons. The van der Waals surface area contributed by atoms with Crippen LogP contribution in [0, 0.1) is 19.8 Å². The van der Waals surface area contributed by atoms with Crippen molar-refractivity contribution in [2.75, 3.05) is 5.32 Å². The summed E-state index contributed by atoms with van der Waals surface area (Å²) in [6, 6.07) is 0. The molecule has 1 aliphatic carbocycles. The Morgan fingerprint density at radius 3 is 2.50 bits per heavy atom. The molecule has 0 saturated carbocycles. The molecule has 7 heteroatoms. The second-order valence-electron chi connectivity index (χ2n) is 7.06. The number of hydrogen-bond donors (Lipinski definition) is 3. The molecule has 2 amide bonds. The summed E-state index contributed by atoms with van der Waals surface area (Å²) >= 11 is 1.43. The SMILES string of the molecule is CC(=O)c1c(C)[nH]c(C(=O)Nc2sc3c(c2C(N)=O)CC[C@@H](C)C3)c1C. The zero-order valence-electron chi connectivity index (χ0n) is 15.4. The Balaban J connectivity index is 1.97. The number of Topliss-reactive ketones (excluding diaryl/α,β-unsaturated/α-hetero) is 1. The Bertz CT molecular complexity index is 923. The Kier molecular flexibility index (Phi) is 4.75. The Morgan fingerprint density at radius 2 is 1.92 bits per heavy atom. The molecule has 2 aromatic rings. The molecule has 0 aliphatic heterocycles. The molecule has 0 radical (unpaired) electrons. The van der Waals surface area contributed by atoms with Crippen LogP contribution >= 0.6 is 11.3 Å². The molecular weight excluding hydrogens is 350 g/mol. The van der Waals surface area contributed by atoms with Gasteiger partial charge < -0.3 is 16.0 Å². The van der Waals surface area contributed by atoms with Gasteiger partial charge >= 0.3 is 0 Å². The first-order chi connectivity index (χ1) is 12.2. The number of aromatic amines is 1. The van der Waals surface area contributed by atoms with Crippen molar-refractivity contribution in [1.29, 1.82) is 0 Å². The van der Waals surface area contributed by atoms with Crippen molar-refractivity contribution in [3.8, 4) is 0 Å². The van der Waals surface area contributed by atoms with Crippen LogP contribution in [0.2, 0.25) is 0 Å². The van der Waals surface area contributed by atoms with Gasteiger partial charge in [-0.25, -0.2) is 0 Å². The lowest BCUT2D eigenvalue weighted by atomic mass is 9.88. The number of anilines is 1. The van der Waals surface area contributed by atoms with Gasteiger partial charge in [0, 0.05) is 16.1 Å². The number of rotatable bonds is 4. The highest BCUT2D eigenvalue weighted by Gasteiger charge is 2.28. The molecule has 0 saturated heterocycles. The monoisotopic (exact) mass is 373 g/mol. The number of primary amides is 1. The summed E-state index contributed by atoms with van der Waals surface area (Å²) in [5, 5.41) is 3.33. The normalized spacial score (nSPS) is 16.2. The second-order valence-corrected chi connectivity index (χ2v) is 8.16. The number of hydrogen-bond acceptors (Lipinski definition) is 4. The van der Waals surface area contributed by atoms with Gasteiger partial charge in [0.2, 0.25) is 0 Å². The molecule has 3 rings (SSSR count). The molecule has 6 nitrogen and oxygen atoms in total. The summed E-state index contributed by atoms with van der Waals surface area (Å²) in [7, 11) is 0. The van der Waals surface area contributed by atoms with Crippen LogP contribution in [0.25, 0.3) is 0 Å². The van der Waals surface area contributed by atoms with Crippen molar-refractivity contribution in [3.63, 3.8) is 0 Å². The Hall–Kier alpha value is -2.41. The first kappa shape index (κ1) is 18.4. The maximum Gasteiger partial charge on any atom is 0.273 e. The maximum absolute atomic E-state index is 12.8. The van der Waals surface area contributed by atoms with Crippen molar-refractivity contribution >= 4 is 33.9 Å². The molecule has 4 N–H and O–H groups in total. The molecule has 1 atom stereocenters. The number of nitrogens with one attached hydrogen (secondary N) is 2. The minimum atomic E-state index is -0.517. The molecule has 2 aromatic heterocycles. The summed E-state index contributed by atoms with van der Waals surface area (Å²) in [5.41, 5.74) is 9.14. The molecule has 0 bridgehead atoms. The zero-order valence-corrected chi connectivity index (χ0v) is 16.2. The highest BCUT2D eigenvalue weighted by atomic mass is 32.1. The Labute approximate surface area is 156 Å². The van der Waals surface area contributed by atoms with Gasteiger partial charge in [0.1, 0.15) is 10.7 Å². The number of H-pyrrole nitrogens is 1. The fourth-order valence-electron chi connectivity index (χ4n) is 3.77. The minimum Gasteiger partial charge on any atom is -0.365 e. The van der Waals surface area contributed by atoms with E-state index in [0.717, 1.165) is 29.7 Å².